The van der Waals surface area contributed by atoms with E-state index in [1.54, 1.807) is 0 Å². The van der Waals surface area contributed by atoms with Gasteiger partial charge in [-0.3, -0.25) is 29.0 Å². The maximum atomic E-state index is 13.4. The second-order valence-corrected chi connectivity index (χ2v) is 13.0. The van der Waals surface area contributed by atoms with Gasteiger partial charge < -0.3 is 29.8 Å². The summed E-state index contributed by atoms with van der Waals surface area (Å²) in [5.41, 5.74) is 1.13. The molecule has 5 rings (SSSR count). The number of likely N-dealkylation sites (tertiary alicyclic amines) is 1. The molecule has 0 aliphatic carbocycles. The number of carboxylic acid groups (broad SMARTS) is 1. The summed E-state index contributed by atoms with van der Waals surface area (Å²) in [6, 6.07) is 6.73. The monoisotopic (exact) mass is 691 g/mol. The van der Waals surface area contributed by atoms with Crippen molar-refractivity contribution in [3.8, 4) is 0 Å². The Kier molecular flexibility index (Phi) is 11.8. The number of fused-ring (bicyclic) bond motifs is 3. The van der Waals surface area contributed by atoms with Crippen LogP contribution in [-0.4, -0.2) is 104 Å². The number of pyridine rings is 1. The fraction of sp³-hybridized carbons (Fsp3) is 0.514. The molecule has 0 saturated carbocycles. The van der Waals surface area contributed by atoms with Gasteiger partial charge in [0.1, 0.15) is 24.0 Å². The second kappa shape index (κ2) is 16.2. The number of benzene rings is 1. The first kappa shape index (κ1) is 36.4. The Labute approximate surface area is 290 Å². The topological polar surface area (TPSA) is 185 Å². The van der Waals surface area contributed by atoms with Crippen LogP contribution in [0.25, 0.3) is 21.9 Å². The molecule has 50 heavy (non-hydrogen) atoms. The van der Waals surface area contributed by atoms with Crippen molar-refractivity contribution in [1.29, 1.82) is 0 Å². The summed E-state index contributed by atoms with van der Waals surface area (Å²) in [5.74, 6) is -0.281. The number of imidazole rings is 1. The molecule has 1 atom stereocenters. The van der Waals surface area contributed by atoms with Gasteiger partial charge in [-0.1, -0.05) is 24.6 Å². The Morgan fingerprint density at radius 3 is 2.56 bits per heavy atom. The fourth-order valence-corrected chi connectivity index (χ4v) is 6.33. The smallest absolute Gasteiger partial charge is 0.407 e. The number of unbranched alkanes of at least 4 members (excludes halogenated alkanes) is 2. The van der Waals surface area contributed by atoms with Crippen LogP contribution in [0.3, 0.4) is 0 Å². The first-order valence-electron chi connectivity index (χ1n) is 17.1. The van der Waals surface area contributed by atoms with Crippen molar-refractivity contribution in [3.05, 3.63) is 42.2 Å². The molecule has 0 radical (unpaired) electrons. The fourth-order valence-electron chi connectivity index (χ4n) is 6.33. The zero-order valence-corrected chi connectivity index (χ0v) is 28.8. The predicted octanol–water partition coefficient (Wildman–Crippen LogP) is 3.60. The Morgan fingerprint density at radius 1 is 1.06 bits per heavy atom. The van der Waals surface area contributed by atoms with Crippen LogP contribution in [0, 0.1) is 0 Å². The summed E-state index contributed by atoms with van der Waals surface area (Å²) >= 11 is 0. The Morgan fingerprint density at radius 2 is 1.82 bits per heavy atom. The third-order valence-electron chi connectivity index (χ3n) is 8.78. The van der Waals surface area contributed by atoms with Crippen molar-refractivity contribution in [3.63, 3.8) is 0 Å². The largest absolute Gasteiger partial charge is 0.465 e. The van der Waals surface area contributed by atoms with Crippen LogP contribution in [0.4, 0.5) is 10.6 Å². The van der Waals surface area contributed by atoms with E-state index in [4.69, 9.17) is 19.4 Å². The molecule has 2 aliphatic rings. The summed E-state index contributed by atoms with van der Waals surface area (Å²) in [4.78, 5) is 72.8. The van der Waals surface area contributed by atoms with Gasteiger partial charge in [-0.15, -0.1) is 0 Å². The van der Waals surface area contributed by atoms with Crippen LogP contribution in [0.2, 0.25) is 0 Å². The molecule has 3 aromatic rings. The standard InChI is InChI=1S/C35H45N7O8/c1-4-49-21-26-38-30-31(23-11-7-8-12-24(23)37-32(30)39-33(46)25-13-10-19-40(25)34(47)48)42(26)22-35(2,3)50-20-17-36-27(43)14-6-5-9-18-41-28(44)15-16-29(41)45/h7-8,11-12,15-16,25H,4-6,9-10,13-14,17-22H2,1-3H3,(H,36,43)(H,47,48)(H,37,39,46). The molecule has 3 N–H and O–H groups in total. The number of aromatic nitrogens is 3. The third-order valence-corrected chi connectivity index (χ3v) is 8.78. The summed E-state index contributed by atoms with van der Waals surface area (Å²) in [5, 5.41) is 16.2. The Hall–Kier alpha value is -4.89. The van der Waals surface area contributed by atoms with E-state index in [2.05, 4.69) is 10.6 Å². The van der Waals surface area contributed by atoms with Gasteiger partial charge in [-0.25, -0.2) is 14.8 Å². The number of ether oxygens (including phenoxy) is 2. The molecule has 1 unspecified atom stereocenters. The molecule has 15 heteroatoms. The van der Waals surface area contributed by atoms with Gasteiger partial charge in [-0.05, 0) is 52.5 Å². The highest BCUT2D eigenvalue weighted by Crippen LogP contribution is 2.32. The maximum Gasteiger partial charge on any atom is 0.407 e. The highest BCUT2D eigenvalue weighted by molar-refractivity contribution is 6.13. The first-order valence-corrected chi connectivity index (χ1v) is 17.1. The minimum atomic E-state index is -1.13. The SMILES string of the molecule is CCOCc1nc2c(NC(=O)C3CCCN3C(=O)O)nc3ccccc3c2n1CC(C)(C)OCCNC(=O)CCCCCN1C(=O)C=CC1=O. The molecule has 0 bridgehead atoms. The van der Waals surface area contributed by atoms with Gasteiger partial charge >= 0.3 is 6.09 Å². The van der Waals surface area contributed by atoms with Crippen molar-refractivity contribution in [1.82, 2.24) is 29.7 Å². The number of nitrogens with zero attached hydrogens (tertiary/aromatic N) is 5. The van der Waals surface area contributed by atoms with E-state index < -0.39 is 23.6 Å². The lowest BCUT2D eigenvalue weighted by molar-refractivity contribution is -0.137. The minimum Gasteiger partial charge on any atom is -0.465 e. The van der Waals surface area contributed by atoms with E-state index in [0.29, 0.717) is 88.2 Å². The zero-order valence-electron chi connectivity index (χ0n) is 28.8. The number of para-hydroxylation sites is 1. The molecule has 268 valence electrons. The van der Waals surface area contributed by atoms with Crippen LogP contribution in [-0.2, 0) is 41.8 Å². The summed E-state index contributed by atoms with van der Waals surface area (Å²) < 4.78 is 14.1. The average Bonchev–Trinajstić information content (AvgIpc) is 3.80. The van der Waals surface area contributed by atoms with Gasteiger partial charge in [0.15, 0.2) is 5.82 Å². The molecule has 1 fully saturated rings. The van der Waals surface area contributed by atoms with E-state index in [1.807, 2.05) is 49.6 Å². The number of amides is 5. The number of anilines is 1. The maximum absolute atomic E-state index is 13.4. The molecule has 2 aliphatic heterocycles. The van der Waals surface area contributed by atoms with Crippen LogP contribution < -0.4 is 10.6 Å². The highest BCUT2D eigenvalue weighted by atomic mass is 16.5. The summed E-state index contributed by atoms with van der Waals surface area (Å²) in [7, 11) is 0. The predicted molar refractivity (Wildman–Crippen MR) is 184 cm³/mol. The number of hydrogen-bond donors (Lipinski definition) is 3. The highest BCUT2D eigenvalue weighted by Gasteiger charge is 2.35. The molecule has 1 saturated heterocycles. The number of rotatable bonds is 17. The van der Waals surface area contributed by atoms with E-state index in [0.717, 1.165) is 15.8 Å². The normalized spacial score (nSPS) is 16.3. The summed E-state index contributed by atoms with van der Waals surface area (Å²) in [6.07, 6.45) is 4.76. The molecule has 1 aromatic carbocycles. The minimum absolute atomic E-state index is 0.0985. The molecule has 0 spiro atoms. The second-order valence-electron chi connectivity index (χ2n) is 13.0. The third kappa shape index (κ3) is 8.63. The Bertz CT molecular complexity index is 1770. The van der Waals surface area contributed by atoms with Gasteiger partial charge in [0.05, 0.1) is 29.8 Å². The van der Waals surface area contributed by atoms with Crippen molar-refractivity contribution in [2.75, 3.05) is 38.2 Å². The molecular weight excluding hydrogens is 646 g/mol. The van der Waals surface area contributed by atoms with Crippen molar-refractivity contribution < 1.29 is 38.6 Å². The number of nitrogens with one attached hydrogen (secondary N) is 2. The van der Waals surface area contributed by atoms with E-state index in [-0.39, 0.29) is 36.8 Å². The number of carbonyl (C=O) groups excluding carboxylic acids is 4. The summed E-state index contributed by atoms with van der Waals surface area (Å²) in [6.45, 7) is 8.06. The number of imide groups is 1. The lowest BCUT2D eigenvalue weighted by Gasteiger charge is -2.27. The first-order chi connectivity index (χ1) is 24.0. The van der Waals surface area contributed by atoms with Crippen molar-refractivity contribution in [2.24, 2.45) is 0 Å². The van der Waals surface area contributed by atoms with Crippen LogP contribution >= 0.6 is 0 Å². The van der Waals surface area contributed by atoms with Crippen molar-refractivity contribution >= 4 is 57.5 Å². The zero-order chi connectivity index (χ0) is 35.8. The van der Waals surface area contributed by atoms with Gasteiger partial charge in [-0.2, -0.15) is 0 Å². The van der Waals surface area contributed by atoms with Crippen LogP contribution in [0.15, 0.2) is 36.4 Å². The van der Waals surface area contributed by atoms with Gasteiger partial charge in [0, 0.05) is 50.2 Å². The lowest BCUT2D eigenvalue weighted by Crippen LogP contribution is -2.42. The number of carbonyl (C=O) groups is 5. The van der Waals surface area contributed by atoms with Gasteiger partial charge in [0.25, 0.3) is 11.8 Å². The van der Waals surface area contributed by atoms with Crippen LogP contribution in [0.5, 0.6) is 0 Å². The van der Waals surface area contributed by atoms with E-state index in [1.165, 1.54) is 17.1 Å². The molecule has 2 aromatic heterocycles. The van der Waals surface area contributed by atoms with E-state index >= 15 is 0 Å². The van der Waals surface area contributed by atoms with Crippen molar-refractivity contribution in [2.45, 2.75) is 84.1 Å². The molecule has 15 nitrogen and oxygen atoms in total. The average molecular weight is 692 g/mol. The number of hydrogen-bond acceptors (Lipinski definition) is 9. The van der Waals surface area contributed by atoms with Gasteiger partial charge in [0.2, 0.25) is 11.8 Å². The van der Waals surface area contributed by atoms with Crippen LogP contribution in [0.1, 0.15) is 65.1 Å². The quantitative estimate of drug-likeness (QED) is 0.140. The molecule has 4 heterocycles. The molecule has 5 amide bonds. The lowest BCUT2D eigenvalue weighted by atomic mass is 10.1. The Balaban J connectivity index is 1.24. The molecular formula is C35H45N7O8. The van der Waals surface area contributed by atoms with E-state index in [9.17, 15) is 29.1 Å².